The van der Waals surface area contributed by atoms with Gasteiger partial charge in [-0.3, -0.25) is 0 Å². The molecular formula is C15H21BrN2O2. The second kappa shape index (κ2) is 6.59. The Morgan fingerprint density at radius 3 is 2.70 bits per heavy atom. The average molecular weight is 341 g/mol. The van der Waals surface area contributed by atoms with Gasteiger partial charge in [0.15, 0.2) is 0 Å². The fourth-order valence-electron chi connectivity index (χ4n) is 2.52. The van der Waals surface area contributed by atoms with Crippen LogP contribution in [0.2, 0.25) is 0 Å². The lowest BCUT2D eigenvalue weighted by atomic mass is 9.92. The lowest BCUT2D eigenvalue weighted by Crippen LogP contribution is -2.42. The number of carbonyl (C=O) groups excluding carboxylic acids is 1. The van der Waals surface area contributed by atoms with Crippen LogP contribution in [0.25, 0.3) is 0 Å². The van der Waals surface area contributed by atoms with Crippen LogP contribution in [0.3, 0.4) is 0 Å². The molecule has 0 saturated carbocycles. The Morgan fingerprint density at radius 2 is 2.10 bits per heavy atom. The molecule has 2 N–H and O–H groups in total. The SMILES string of the molecule is Cc1c(Br)cccc1NC(=O)N1CCC(C(C)O)CC1. The van der Waals surface area contributed by atoms with E-state index in [2.05, 4.69) is 21.2 Å². The maximum absolute atomic E-state index is 12.2. The normalized spacial score (nSPS) is 17.9. The topological polar surface area (TPSA) is 52.6 Å². The minimum Gasteiger partial charge on any atom is -0.393 e. The van der Waals surface area contributed by atoms with Crippen molar-refractivity contribution >= 4 is 27.6 Å². The van der Waals surface area contributed by atoms with Crippen LogP contribution in [0, 0.1) is 12.8 Å². The molecule has 2 amide bonds. The fraction of sp³-hybridized carbons (Fsp3) is 0.533. The van der Waals surface area contributed by atoms with E-state index >= 15 is 0 Å². The molecule has 2 rings (SSSR count). The molecule has 1 aromatic rings. The fourth-order valence-corrected chi connectivity index (χ4v) is 2.89. The molecule has 1 saturated heterocycles. The Labute approximate surface area is 128 Å². The Kier molecular flexibility index (Phi) is 5.05. The Morgan fingerprint density at radius 1 is 1.45 bits per heavy atom. The molecule has 0 aromatic heterocycles. The monoisotopic (exact) mass is 340 g/mol. The van der Waals surface area contributed by atoms with Gasteiger partial charge in [0.2, 0.25) is 0 Å². The summed E-state index contributed by atoms with van der Waals surface area (Å²) >= 11 is 3.46. The Bertz CT molecular complexity index is 483. The van der Waals surface area contributed by atoms with Crippen molar-refractivity contribution in [2.24, 2.45) is 5.92 Å². The summed E-state index contributed by atoms with van der Waals surface area (Å²) in [5.41, 5.74) is 1.86. The number of carbonyl (C=O) groups is 1. The molecule has 1 atom stereocenters. The van der Waals surface area contributed by atoms with Crippen molar-refractivity contribution < 1.29 is 9.90 Å². The molecule has 110 valence electrons. The molecule has 0 aliphatic carbocycles. The standard InChI is InChI=1S/C15H21BrN2O2/c1-10-13(16)4-3-5-14(10)17-15(20)18-8-6-12(7-9-18)11(2)19/h3-5,11-12,19H,6-9H2,1-2H3,(H,17,20). The first-order chi connectivity index (χ1) is 9.49. The van der Waals surface area contributed by atoms with Crippen LogP contribution < -0.4 is 5.32 Å². The third-order valence-corrected chi connectivity index (χ3v) is 4.88. The number of likely N-dealkylation sites (tertiary alicyclic amines) is 1. The molecule has 0 spiro atoms. The highest BCUT2D eigenvalue weighted by atomic mass is 79.9. The predicted molar refractivity (Wildman–Crippen MR) is 83.9 cm³/mol. The quantitative estimate of drug-likeness (QED) is 0.866. The summed E-state index contributed by atoms with van der Waals surface area (Å²) in [6, 6.07) is 5.71. The number of anilines is 1. The third-order valence-electron chi connectivity index (χ3n) is 4.02. The van der Waals surface area contributed by atoms with Gasteiger partial charge in [-0.15, -0.1) is 0 Å². The first-order valence-corrected chi connectivity index (χ1v) is 7.77. The highest BCUT2D eigenvalue weighted by molar-refractivity contribution is 9.10. The van der Waals surface area contributed by atoms with Crippen LogP contribution in [-0.4, -0.2) is 35.2 Å². The van der Waals surface area contributed by atoms with Crippen molar-refractivity contribution in [3.8, 4) is 0 Å². The summed E-state index contributed by atoms with van der Waals surface area (Å²) in [7, 11) is 0. The largest absolute Gasteiger partial charge is 0.393 e. The predicted octanol–water partition coefficient (Wildman–Crippen LogP) is 3.38. The number of piperidine rings is 1. The molecule has 1 fully saturated rings. The van der Waals surface area contributed by atoms with Crippen molar-refractivity contribution in [1.29, 1.82) is 0 Å². The van der Waals surface area contributed by atoms with E-state index in [1.54, 1.807) is 0 Å². The van der Waals surface area contributed by atoms with Crippen molar-refractivity contribution in [2.45, 2.75) is 32.8 Å². The van der Waals surface area contributed by atoms with E-state index in [4.69, 9.17) is 0 Å². The molecule has 1 aliphatic rings. The summed E-state index contributed by atoms with van der Waals surface area (Å²) in [4.78, 5) is 14.1. The van der Waals surface area contributed by atoms with Crippen LogP contribution in [0.15, 0.2) is 22.7 Å². The zero-order chi connectivity index (χ0) is 14.7. The number of urea groups is 1. The minimum absolute atomic E-state index is 0.0600. The van der Waals surface area contributed by atoms with Crippen LogP contribution in [0.4, 0.5) is 10.5 Å². The van der Waals surface area contributed by atoms with Crippen LogP contribution in [-0.2, 0) is 0 Å². The smallest absolute Gasteiger partial charge is 0.321 e. The summed E-state index contributed by atoms with van der Waals surface area (Å²) < 4.78 is 0.989. The van der Waals surface area contributed by atoms with Crippen molar-refractivity contribution in [2.75, 3.05) is 18.4 Å². The van der Waals surface area contributed by atoms with E-state index in [0.29, 0.717) is 19.0 Å². The minimum atomic E-state index is -0.285. The zero-order valence-electron chi connectivity index (χ0n) is 11.9. The van der Waals surface area contributed by atoms with Crippen molar-refractivity contribution in [3.63, 3.8) is 0 Å². The molecule has 20 heavy (non-hydrogen) atoms. The van der Waals surface area contributed by atoms with E-state index in [-0.39, 0.29) is 12.1 Å². The van der Waals surface area contributed by atoms with Gasteiger partial charge in [0.25, 0.3) is 0 Å². The van der Waals surface area contributed by atoms with Crippen LogP contribution in [0.5, 0.6) is 0 Å². The molecule has 5 heteroatoms. The second-order valence-electron chi connectivity index (χ2n) is 5.41. The van der Waals surface area contributed by atoms with E-state index < -0.39 is 0 Å². The first-order valence-electron chi connectivity index (χ1n) is 6.98. The number of hydrogen-bond acceptors (Lipinski definition) is 2. The summed E-state index contributed by atoms with van der Waals surface area (Å²) in [6.07, 6.45) is 1.44. The van der Waals surface area contributed by atoms with Gasteiger partial charge in [-0.2, -0.15) is 0 Å². The van der Waals surface area contributed by atoms with Crippen LogP contribution in [0.1, 0.15) is 25.3 Å². The number of aliphatic hydroxyl groups is 1. The van der Waals surface area contributed by atoms with Gasteiger partial charge in [0.1, 0.15) is 0 Å². The summed E-state index contributed by atoms with van der Waals surface area (Å²) in [5.74, 6) is 0.312. The maximum atomic E-state index is 12.2. The highest BCUT2D eigenvalue weighted by Crippen LogP contribution is 2.25. The van der Waals surface area contributed by atoms with Gasteiger partial charge < -0.3 is 15.3 Å². The molecule has 1 unspecified atom stereocenters. The van der Waals surface area contributed by atoms with Gasteiger partial charge in [0, 0.05) is 23.2 Å². The van der Waals surface area contributed by atoms with E-state index in [1.807, 2.05) is 36.9 Å². The number of halogens is 1. The molecule has 0 bridgehead atoms. The highest BCUT2D eigenvalue weighted by Gasteiger charge is 2.25. The Hall–Kier alpha value is -1.07. The molecular weight excluding hydrogens is 320 g/mol. The van der Waals surface area contributed by atoms with Gasteiger partial charge in [-0.05, 0) is 50.3 Å². The number of hydrogen-bond donors (Lipinski definition) is 2. The van der Waals surface area contributed by atoms with Gasteiger partial charge in [-0.25, -0.2) is 4.79 Å². The molecule has 1 heterocycles. The van der Waals surface area contributed by atoms with Gasteiger partial charge >= 0.3 is 6.03 Å². The van der Waals surface area contributed by atoms with E-state index in [0.717, 1.165) is 28.6 Å². The number of benzene rings is 1. The van der Waals surface area contributed by atoms with Crippen molar-refractivity contribution in [1.82, 2.24) is 4.90 Å². The number of nitrogens with zero attached hydrogens (tertiary/aromatic N) is 1. The molecule has 4 nitrogen and oxygen atoms in total. The number of aliphatic hydroxyl groups excluding tert-OH is 1. The van der Waals surface area contributed by atoms with Crippen LogP contribution >= 0.6 is 15.9 Å². The maximum Gasteiger partial charge on any atom is 0.321 e. The molecule has 1 aliphatic heterocycles. The Balaban J connectivity index is 1.95. The molecule has 0 radical (unpaired) electrons. The van der Waals surface area contributed by atoms with E-state index in [9.17, 15) is 9.90 Å². The summed E-state index contributed by atoms with van der Waals surface area (Å²) in [6.45, 7) is 5.20. The lowest BCUT2D eigenvalue weighted by Gasteiger charge is -2.33. The third kappa shape index (κ3) is 3.52. The van der Waals surface area contributed by atoms with Crippen molar-refractivity contribution in [3.05, 3.63) is 28.2 Å². The van der Waals surface area contributed by atoms with Gasteiger partial charge in [0.05, 0.1) is 6.10 Å². The van der Waals surface area contributed by atoms with Gasteiger partial charge in [-0.1, -0.05) is 22.0 Å². The summed E-state index contributed by atoms with van der Waals surface area (Å²) in [5, 5.41) is 12.5. The molecule has 1 aromatic carbocycles. The average Bonchev–Trinajstić information content (AvgIpc) is 2.44. The number of rotatable bonds is 2. The number of amides is 2. The zero-order valence-corrected chi connectivity index (χ0v) is 13.5. The first kappa shape index (κ1) is 15.3. The lowest BCUT2D eigenvalue weighted by molar-refractivity contribution is 0.0820. The second-order valence-corrected chi connectivity index (χ2v) is 6.26. The number of nitrogens with one attached hydrogen (secondary N) is 1. The van der Waals surface area contributed by atoms with E-state index in [1.165, 1.54) is 0 Å².